The molecular weight excluding hydrogens is 596 g/mol. The Hall–Kier alpha value is -3.50. The van der Waals surface area contributed by atoms with E-state index in [1.54, 1.807) is 0 Å². The molecule has 0 atom stereocenters. The maximum atomic E-state index is 10.1. The Morgan fingerprint density at radius 2 is 0.523 bits per heavy atom. The van der Waals surface area contributed by atoms with E-state index in [9.17, 15) is 59.4 Å². The van der Waals surface area contributed by atoms with E-state index in [4.69, 9.17) is 10.2 Å². The van der Waals surface area contributed by atoms with E-state index >= 15 is 0 Å². The number of carboxylic acids is 6. The highest BCUT2D eigenvalue weighted by molar-refractivity contribution is 5.86. The van der Waals surface area contributed by atoms with Crippen LogP contribution in [-0.2, 0) is 28.8 Å². The molecule has 0 amide bonds. The number of carbonyl (C=O) groups excluding carboxylic acids is 6. The van der Waals surface area contributed by atoms with Crippen molar-refractivity contribution in [1.82, 2.24) is 31.9 Å². The molecule has 0 spiro atoms. The smallest absolute Gasteiger partial charge is 0.114 e. The summed E-state index contributed by atoms with van der Waals surface area (Å²) in [5.41, 5.74) is -5.95. The summed E-state index contributed by atoms with van der Waals surface area (Å²) in [6.07, 6.45) is -5.43. The van der Waals surface area contributed by atoms with Gasteiger partial charge in [-0.05, 0) is 0 Å². The Morgan fingerprint density at radius 1 is 0.386 bits per heavy atom. The topological polar surface area (TPSA) is 353 Å². The minimum Gasteiger partial charge on any atom is -0.550 e. The van der Waals surface area contributed by atoms with Gasteiger partial charge in [0.15, 0.2) is 0 Å². The lowest BCUT2D eigenvalue weighted by Gasteiger charge is -2.29. The van der Waals surface area contributed by atoms with Crippen LogP contribution in [0.1, 0.15) is 25.7 Å². The van der Waals surface area contributed by atoms with Gasteiger partial charge in [-0.1, -0.05) is 0 Å². The molecular formula is C24H40N6O14-6. The molecule has 3 aliphatic rings. The van der Waals surface area contributed by atoms with E-state index in [1.165, 1.54) is 0 Å². The van der Waals surface area contributed by atoms with Crippen molar-refractivity contribution in [2.24, 2.45) is 0 Å². The van der Waals surface area contributed by atoms with Crippen molar-refractivity contribution in [3.63, 3.8) is 0 Å². The summed E-state index contributed by atoms with van der Waals surface area (Å²) in [5, 5.41) is 97.2. The van der Waals surface area contributed by atoms with E-state index in [0.717, 1.165) is 78.5 Å². The van der Waals surface area contributed by atoms with E-state index in [2.05, 4.69) is 31.9 Å². The molecule has 0 aliphatic carbocycles. The number of hydrogen-bond acceptors (Lipinski definition) is 20. The van der Waals surface area contributed by atoms with Gasteiger partial charge in [0.2, 0.25) is 0 Å². The zero-order chi connectivity index (χ0) is 34.0. The van der Waals surface area contributed by atoms with Gasteiger partial charge in [0.05, 0.1) is 11.9 Å². The second kappa shape index (κ2) is 24.9. The van der Waals surface area contributed by atoms with E-state index in [1.807, 2.05) is 0 Å². The Kier molecular flexibility index (Phi) is 24.1. The predicted octanol–water partition coefficient (Wildman–Crippen LogP) is -13.0. The summed E-state index contributed by atoms with van der Waals surface area (Å²) >= 11 is 0. The van der Waals surface area contributed by atoms with Gasteiger partial charge in [-0.15, -0.1) is 0 Å². The first-order valence-electron chi connectivity index (χ1n) is 13.5. The van der Waals surface area contributed by atoms with Crippen molar-refractivity contribution in [3.8, 4) is 0 Å². The maximum Gasteiger partial charge on any atom is 0.114 e. The third-order valence-electron chi connectivity index (χ3n) is 5.38. The Labute approximate surface area is 253 Å². The summed E-state index contributed by atoms with van der Waals surface area (Å²) in [4.78, 5) is 60.0. The highest BCUT2D eigenvalue weighted by atomic mass is 16.4. The lowest BCUT2D eigenvalue weighted by molar-refractivity contribution is -0.340. The molecule has 3 saturated heterocycles. The highest BCUT2D eigenvalue weighted by Crippen LogP contribution is 2.14. The van der Waals surface area contributed by atoms with Crippen molar-refractivity contribution < 1.29 is 69.6 Å². The third kappa shape index (κ3) is 25.0. The van der Waals surface area contributed by atoms with Crippen molar-refractivity contribution in [3.05, 3.63) is 0 Å². The summed E-state index contributed by atoms with van der Waals surface area (Å²) in [7, 11) is 0. The van der Waals surface area contributed by atoms with E-state index in [0.29, 0.717) is 0 Å². The zero-order valence-electron chi connectivity index (χ0n) is 24.1. The fourth-order valence-corrected chi connectivity index (χ4v) is 3.18. The lowest BCUT2D eigenvalue weighted by Crippen LogP contribution is -2.54. The van der Waals surface area contributed by atoms with Gasteiger partial charge in [0, 0.05) is 128 Å². The van der Waals surface area contributed by atoms with E-state index in [-0.39, 0.29) is 0 Å². The van der Waals surface area contributed by atoms with Crippen LogP contribution in [-0.4, -0.2) is 136 Å². The largest absolute Gasteiger partial charge is 0.550 e. The first kappa shape index (κ1) is 42.6. The van der Waals surface area contributed by atoms with Crippen LogP contribution >= 0.6 is 0 Å². The van der Waals surface area contributed by atoms with Gasteiger partial charge in [-0.2, -0.15) is 0 Å². The Morgan fingerprint density at radius 3 is 0.591 bits per heavy atom. The average Bonchev–Trinajstić information content (AvgIpc) is 2.95. The van der Waals surface area contributed by atoms with Crippen molar-refractivity contribution in [2.75, 3.05) is 78.5 Å². The van der Waals surface area contributed by atoms with Gasteiger partial charge in [0.25, 0.3) is 0 Å². The minimum absolute atomic E-state index is 1.14. The monoisotopic (exact) mass is 636 g/mol. The molecule has 3 heterocycles. The molecule has 0 aromatic heterocycles. The normalized spacial score (nSPS) is 16.2. The second-order valence-electron chi connectivity index (χ2n) is 9.33. The third-order valence-corrected chi connectivity index (χ3v) is 5.38. The van der Waals surface area contributed by atoms with Crippen molar-refractivity contribution in [2.45, 2.75) is 36.9 Å². The fraction of sp³-hybridized carbons (Fsp3) is 0.750. The van der Waals surface area contributed by atoms with Crippen LogP contribution < -0.4 is 62.5 Å². The first-order chi connectivity index (χ1) is 20.6. The van der Waals surface area contributed by atoms with E-state index < -0.39 is 72.7 Å². The summed E-state index contributed by atoms with van der Waals surface area (Å²) in [5.74, 6) is -12.0. The molecule has 256 valence electrons. The van der Waals surface area contributed by atoms with Crippen LogP contribution in [0.5, 0.6) is 0 Å². The number of aliphatic carboxylic acids is 6. The quantitative estimate of drug-likeness (QED) is 0.110. The predicted molar refractivity (Wildman–Crippen MR) is 136 cm³/mol. The number of nitrogens with one attached hydrogen (secondary N) is 6. The number of hydrogen-bond donors (Lipinski definition) is 8. The van der Waals surface area contributed by atoms with Crippen LogP contribution in [0.15, 0.2) is 0 Å². The van der Waals surface area contributed by atoms with Crippen molar-refractivity contribution >= 4 is 35.8 Å². The molecule has 0 aromatic rings. The van der Waals surface area contributed by atoms with Crippen LogP contribution in [0.4, 0.5) is 0 Å². The zero-order valence-corrected chi connectivity index (χ0v) is 24.1. The maximum absolute atomic E-state index is 10.1. The lowest BCUT2D eigenvalue weighted by atomic mass is 9.96. The standard InChI is InChI=1S/2C6H8O7.3C4H10N2/c2*7-3(8)1-6(13,5(11)12)2-4(9)10;3*1-2-6-4-3-5-1/h2*13H,1-2H2,(H,7,8)(H,9,10)(H,11,12);3*5-6H,1-4H2/p-6. The summed E-state index contributed by atoms with van der Waals surface area (Å²) < 4.78 is 0. The number of piperazine rings is 3. The van der Waals surface area contributed by atoms with Crippen LogP contribution in [0.3, 0.4) is 0 Å². The SMILES string of the molecule is C1CNCCN1.C1CNCCN1.C1CNCCN1.O=C([O-])CC(O)(CC(=O)[O-])C(=O)[O-].O=C([O-])CC(O)(CC(=O)[O-])C(=O)[O-]. The van der Waals surface area contributed by atoms with Gasteiger partial charge in [-0.25, -0.2) is 0 Å². The molecule has 0 radical (unpaired) electrons. The summed E-state index contributed by atoms with van der Waals surface area (Å²) in [6.45, 7) is 13.7. The molecule has 3 fully saturated rings. The van der Waals surface area contributed by atoms with Crippen LogP contribution in [0.25, 0.3) is 0 Å². The van der Waals surface area contributed by atoms with Gasteiger partial charge < -0.3 is 102 Å². The van der Waals surface area contributed by atoms with Gasteiger partial charge in [0.1, 0.15) is 11.2 Å². The Bertz CT molecular complexity index is 732. The molecule has 0 unspecified atom stereocenters. The fourth-order valence-electron chi connectivity index (χ4n) is 3.18. The number of rotatable bonds is 10. The molecule has 3 aliphatic heterocycles. The second-order valence-corrected chi connectivity index (χ2v) is 9.33. The average molecular weight is 637 g/mol. The molecule has 8 N–H and O–H groups in total. The molecule has 3 rings (SSSR count). The minimum atomic E-state index is -2.97. The molecule has 0 saturated carbocycles. The van der Waals surface area contributed by atoms with Crippen molar-refractivity contribution in [1.29, 1.82) is 0 Å². The van der Waals surface area contributed by atoms with Crippen LogP contribution in [0.2, 0.25) is 0 Å². The Balaban J connectivity index is 0. The molecule has 44 heavy (non-hydrogen) atoms. The highest BCUT2D eigenvalue weighted by Gasteiger charge is 2.30. The van der Waals surface area contributed by atoms with Gasteiger partial charge in [-0.3, -0.25) is 0 Å². The number of carboxylic acid groups (broad SMARTS) is 6. The van der Waals surface area contributed by atoms with Gasteiger partial charge >= 0.3 is 0 Å². The molecule has 20 heteroatoms. The molecule has 0 aromatic carbocycles. The number of carbonyl (C=O) groups is 6. The number of aliphatic hydroxyl groups is 2. The first-order valence-corrected chi connectivity index (χ1v) is 13.5. The molecule has 0 bridgehead atoms. The molecule has 20 nitrogen and oxygen atoms in total. The van der Waals surface area contributed by atoms with Crippen LogP contribution in [0, 0.1) is 0 Å². The summed E-state index contributed by atoms with van der Waals surface area (Å²) in [6, 6.07) is 0.